The van der Waals surface area contributed by atoms with Crippen molar-refractivity contribution in [1.82, 2.24) is 9.88 Å². The molecule has 1 fully saturated rings. The molecule has 0 bridgehead atoms. The summed E-state index contributed by atoms with van der Waals surface area (Å²) in [5.41, 5.74) is -0.592. The van der Waals surface area contributed by atoms with Crippen LogP contribution in [0.1, 0.15) is 27.2 Å². The van der Waals surface area contributed by atoms with Gasteiger partial charge in [0.15, 0.2) is 6.17 Å². The molecule has 2 atom stereocenters. The Kier molecular flexibility index (Phi) is 5.11. The summed E-state index contributed by atoms with van der Waals surface area (Å²) in [5, 5.41) is 0.351. The standard InChI is InChI=1S/C15H20ClFN2O3/c1-15(2,3)22-14(20)19-7-6-12(11(17)9-19)21-10-4-5-13(16)18-8-10/h4-5,8,11-12H,6-7,9H2,1-3H3/t11-,12-/m0/s1. The lowest BCUT2D eigenvalue weighted by molar-refractivity contribution is -0.0106. The fourth-order valence-corrected chi connectivity index (χ4v) is 2.23. The van der Waals surface area contributed by atoms with Gasteiger partial charge in [-0.05, 0) is 32.9 Å². The van der Waals surface area contributed by atoms with Crippen molar-refractivity contribution in [2.24, 2.45) is 0 Å². The summed E-state index contributed by atoms with van der Waals surface area (Å²) in [6, 6.07) is 3.22. The first kappa shape index (κ1) is 16.8. The molecular weight excluding hydrogens is 311 g/mol. The summed E-state index contributed by atoms with van der Waals surface area (Å²) in [4.78, 5) is 17.2. The van der Waals surface area contributed by atoms with Crippen molar-refractivity contribution < 1.29 is 18.7 Å². The Bertz CT molecular complexity index is 519. The topological polar surface area (TPSA) is 51.7 Å². The summed E-state index contributed by atoms with van der Waals surface area (Å²) in [6.45, 7) is 5.69. The van der Waals surface area contributed by atoms with Gasteiger partial charge in [-0.25, -0.2) is 14.2 Å². The van der Waals surface area contributed by atoms with E-state index in [1.807, 2.05) is 0 Å². The number of amides is 1. The molecule has 0 N–H and O–H groups in total. The molecule has 2 rings (SSSR count). The van der Waals surface area contributed by atoms with E-state index < -0.39 is 24.0 Å². The molecule has 1 aliphatic heterocycles. The maximum absolute atomic E-state index is 14.2. The normalized spacial score (nSPS) is 22.3. The van der Waals surface area contributed by atoms with E-state index >= 15 is 0 Å². The van der Waals surface area contributed by atoms with Gasteiger partial charge in [0.2, 0.25) is 0 Å². The Labute approximate surface area is 134 Å². The van der Waals surface area contributed by atoms with E-state index in [2.05, 4.69) is 4.98 Å². The van der Waals surface area contributed by atoms with Crippen LogP contribution in [0.4, 0.5) is 9.18 Å². The lowest BCUT2D eigenvalue weighted by Crippen LogP contribution is -2.50. The number of carbonyl (C=O) groups is 1. The predicted octanol–water partition coefficient (Wildman–Crippen LogP) is 3.46. The van der Waals surface area contributed by atoms with Gasteiger partial charge in [-0.2, -0.15) is 0 Å². The highest BCUT2D eigenvalue weighted by atomic mass is 35.5. The quantitative estimate of drug-likeness (QED) is 0.779. The Balaban J connectivity index is 1.90. The number of hydrogen-bond donors (Lipinski definition) is 0. The van der Waals surface area contributed by atoms with E-state index in [9.17, 15) is 9.18 Å². The second kappa shape index (κ2) is 6.69. The molecule has 1 saturated heterocycles. The van der Waals surface area contributed by atoms with Crippen LogP contribution in [0.15, 0.2) is 18.3 Å². The van der Waals surface area contributed by atoms with Crippen molar-refractivity contribution in [3.63, 3.8) is 0 Å². The van der Waals surface area contributed by atoms with Crippen LogP contribution in [-0.4, -0.2) is 46.9 Å². The smallest absolute Gasteiger partial charge is 0.410 e. The average molecular weight is 331 g/mol. The number of nitrogens with zero attached hydrogens (tertiary/aromatic N) is 2. The SMILES string of the molecule is CC(C)(C)OC(=O)N1CC[C@H](Oc2ccc(Cl)nc2)[C@@H](F)C1. The Morgan fingerprint density at radius 1 is 1.45 bits per heavy atom. The molecule has 1 aliphatic rings. The first-order valence-electron chi connectivity index (χ1n) is 7.15. The van der Waals surface area contributed by atoms with Crippen molar-refractivity contribution in [2.75, 3.05) is 13.1 Å². The third-order valence-electron chi connectivity index (χ3n) is 3.12. The van der Waals surface area contributed by atoms with Crippen LogP contribution >= 0.6 is 11.6 Å². The van der Waals surface area contributed by atoms with Gasteiger partial charge >= 0.3 is 6.09 Å². The number of hydrogen-bond acceptors (Lipinski definition) is 4. The van der Waals surface area contributed by atoms with E-state index in [1.54, 1.807) is 32.9 Å². The second-order valence-electron chi connectivity index (χ2n) is 6.20. The summed E-state index contributed by atoms with van der Waals surface area (Å²) in [5.74, 6) is 0.461. The third kappa shape index (κ3) is 4.73. The van der Waals surface area contributed by atoms with Crippen LogP contribution in [0.3, 0.4) is 0 Å². The molecule has 0 aromatic carbocycles. The van der Waals surface area contributed by atoms with Crippen LogP contribution in [-0.2, 0) is 4.74 Å². The molecule has 0 unspecified atom stereocenters. The highest BCUT2D eigenvalue weighted by Gasteiger charge is 2.34. The van der Waals surface area contributed by atoms with Crippen molar-refractivity contribution in [1.29, 1.82) is 0 Å². The van der Waals surface area contributed by atoms with Crippen LogP contribution in [0, 0.1) is 0 Å². The number of carbonyl (C=O) groups excluding carboxylic acids is 1. The van der Waals surface area contributed by atoms with E-state index in [1.165, 1.54) is 11.1 Å². The summed E-state index contributed by atoms with van der Waals surface area (Å²) in [6.07, 6.45) is -0.543. The van der Waals surface area contributed by atoms with Crippen LogP contribution in [0.2, 0.25) is 5.15 Å². The highest BCUT2D eigenvalue weighted by Crippen LogP contribution is 2.23. The molecule has 22 heavy (non-hydrogen) atoms. The third-order valence-corrected chi connectivity index (χ3v) is 3.34. The minimum atomic E-state index is -1.28. The summed E-state index contributed by atoms with van der Waals surface area (Å²) >= 11 is 5.69. The van der Waals surface area contributed by atoms with E-state index in [0.717, 1.165) is 0 Å². The van der Waals surface area contributed by atoms with Crippen LogP contribution < -0.4 is 4.74 Å². The molecule has 0 aliphatic carbocycles. The molecule has 1 amide bonds. The zero-order valence-corrected chi connectivity index (χ0v) is 13.6. The zero-order chi connectivity index (χ0) is 16.3. The minimum absolute atomic E-state index is 0.0411. The van der Waals surface area contributed by atoms with Crippen LogP contribution in [0.25, 0.3) is 0 Å². The fraction of sp³-hybridized carbons (Fsp3) is 0.600. The lowest BCUT2D eigenvalue weighted by atomic mass is 10.1. The van der Waals surface area contributed by atoms with E-state index in [0.29, 0.717) is 23.9 Å². The number of rotatable bonds is 2. The molecule has 1 aromatic heterocycles. The minimum Gasteiger partial charge on any atom is -0.486 e. The number of halogens is 2. The van der Waals surface area contributed by atoms with E-state index in [-0.39, 0.29) is 6.54 Å². The Morgan fingerprint density at radius 3 is 2.73 bits per heavy atom. The van der Waals surface area contributed by atoms with Crippen molar-refractivity contribution in [2.45, 2.75) is 45.1 Å². The van der Waals surface area contributed by atoms with Gasteiger partial charge in [0, 0.05) is 13.0 Å². The summed E-state index contributed by atoms with van der Waals surface area (Å²) in [7, 11) is 0. The molecule has 0 saturated carbocycles. The summed E-state index contributed by atoms with van der Waals surface area (Å²) < 4.78 is 25.1. The van der Waals surface area contributed by atoms with Crippen molar-refractivity contribution >= 4 is 17.7 Å². The number of piperidine rings is 1. The highest BCUT2D eigenvalue weighted by molar-refractivity contribution is 6.29. The van der Waals surface area contributed by atoms with E-state index in [4.69, 9.17) is 21.1 Å². The molecule has 5 nitrogen and oxygen atoms in total. The zero-order valence-electron chi connectivity index (χ0n) is 12.9. The Hall–Kier alpha value is -1.56. The number of likely N-dealkylation sites (tertiary alicyclic amines) is 1. The number of pyridine rings is 1. The van der Waals surface area contributed by atoms with Gasteiger partial charge < -0.3 is 14.4 Å². The van der Waals surface area contributed by atoms with Gasteiger partial charge in [0.25, 0.3) is 0 Å². The van der Waals surface area contributed by atoms with Crippen molar-refractivity contribution in [3.05, 3.63) is 23.5 Å². The van der Waals surface area contributed by atoms with Gasteiger partial charge in [0.05, 0.1) is 12.7 Å². The van der Waals surface area contributed by atoms with Gasteiger partial charge in [0.1, 0.15) is 22.6 Å². The van der Waals surface area contributed by atoms with Gasteiger partial charge in [-0.1, -0.05) is 11.6 Å². The number of ether oxygens (including phenoxy) is 2. The molecule has 0 radical (unpaired) electrons. The fourth-order valence-electron chi connectivity index (χ4n) is 2.12. The average Bonchev–Trinajstić information content (AvgIpc) is 2.41. The molecule has 0 spiro atoms. The number of aromatic nitrogens is 1. The second-order valence-corrected chi connectivity index (χ2v) is 6.59. The molecule has 2 heterocycles. The first-order valence-corrected chi connectivity index (χ1v) is 7.52. The predicted molar refractivity (Wildman–Crippen MR) is 81.0 cm³/mol. The largest absolute Gasteiger partial charge is 0.486 e. The maximum atomic E-state index is 14.2. The monoisotopic (exact) mass is 330 g/mol. The lowest BCUT2D eigenvalue weighted by Gasteiger charge is -2.35. The van der Waals surface area contributed by atoms with Crippen LogP contribution in [0.5, 0.6) is 5.75 Å². The Morgan fingerprint density at radius 2 is 2.18 bits per heavy atom. The molecule has 122 valence electrons. The maximum Gasteiger partial charge on any atom is 0.410 e. The van der Waals surface area contributed by atoms with Gasteiger partial charge in [-0.15, -0.1) is 0 Å². The van der Waals surface area contributed by atoms with Crippen molar-refractivity contribution in [3.8, 4) is 5.75 Å². The molecule has 7 heteroatoms. The first-order chi connectivity index (χ1) is 10.2. The van der Waals surface area contributed by atoms with Gasteiger partial charge in [-0.3, -0.25) is 0 Å². The molecular formula is C15H20ClFN2O3. The number of alkyl halides is 1. The molecule has 1 aromatic rings.